The smallest absolute Gasteiger partial charge is 0.419 e. The number of ether oxygens (including phenoxy) is 1. The van der Waals surface area contributed by atoms with E-state index >= 15 is 0 Å². The van der Waals surface area contributed by atoms with Crippen LogP contribution in [0.3, 0.4) is 0 Å². The average molecular weight is 470 g/mol. The third-order valence-corrected chi connectivity index (χ3v) is 6.38. The van der Waals surface area contributed by atoms with E-state index < -0.39 is 5.76 Å². The molecule has 1 amide bonds. The molecule has 35 heavy (non-hydrogen) atoms. The number of para-hydroxylation sites is 3. The van der Waals surface area contributed by atoms with Crippen LogP contribution in [0.5, 0.6) is 5.75 Å². The van der Waals surface area contributed by atoms with Crippen LogP contribution in [0, 0.1) is 0 Å². The van der Waals surface area contributed by atoms with Crippen molar-refractivity contribution in [1.82, 2.24) is 14.9 Å². The Kier molecular flexibility index (Phi) is 6.39. The largest absolute Gasteiger partial charge is 0.497 e. The van der Waals surface area contributed by atoms with Crippen molar-refractivity contribution in [3.05, 3.63) is 101 Å². The zero-order chi connectivity index (χ0) is 24.2. The van der Waals surface area contributed by atoms with E-state index in [2.05, 4.69) is 16.4 Å². The molecule has 0 aliphatic heterocycles. The second kappa shape index (κ2) is 9.93. The fourth-order valence-corrected chi connectivity index (χ4v) is 4.55. The number of hydrogen-bond donors (Lipinski definition) is 2. The molecule has 0 bridgehead atoms. The number of hydrogen-bond acceptors (Lipinski definition) is 4. The highest BCUT2D eigenvalue weighted by Gasteiger charge is 2.19. The Balaban J connectivity index is 1.28. The molecule has 0 spiro atoms. The maximum absolute atomic E-state index is 12.7. The van der Waals surface area contributed by atoms with Crippen LogP contribution in [0.2, 0.25) is 0 Å². The Bertz CT molecular complexity index is 1510. The summed E-state index contributed by atoms with van der Waals surface area (Å²) in [4.78, 5) is 28.2. The zero-order valence-corrected chi connectivity index (χ0v) is 19.5. The van der Waals surface area contributed by atoms with Crippen molar-refractivity contribution in [3.63, 3.8) is 0 Å². The number of aromatic amines is 1. The van der Waals surface area contributed by atoms with E-state index in [0.717, 1.165) is 33.3 Å². The molecule has 7 heteroatoms. The van der Waals surface area contributed by atoms with Crippen molar-refractivity contribution in [2.24, 2.45) is 0 Å². The molecule has 0 aliphatic rings. The van der Waals surface area contributed by atoms with Gasteiger partial charge < -0.3 is 19.5 Å². The first-order valence-corrected chi connectivity index (χ1v) is 11.7. The Morgan fingerprint density at radius 3 is 2.66 bits per heavy atom. The minimum absolute atomic E-state index is 0.0264. The van der Waals surface area contributed by atoms with Crippen LogP contribution >= 0.6 is 0 Å². The minimum atomic E-state index is -0.398. The number of carbonyl (C=O) groups excluding carboxylic acids is 1. The first-order valence-electron chi connectivity index (χ1n) is 11.7. The second-order valence-electron chi connectivity index (χ2n) is 8.51. The van der Waals surface area contributed by atoms with Gasteiger partial charge in [0.25, 0.3) is 0 Å². The zero-order valence-electron chi connectivity index (χ0n) is 19.5. The fourth-order valence-electron chi connectivity index (χ4n) is 4.55. The van der Waals surface area contributed by atoms with E-state index in [1.54, 1.807) is 17.7 Å². The van der Waals surface area contributed by atoms with Gasteiger partial charge in [0.2, 0.25) is 5.91 Å². The Morgan fingerprint density at radius 2 is 1.83 bits per heavy atom. The number of fused-ring (bicyclic) bond motifs is 2. The summed E-state index contributed by atoms with van der Waals surface area (Å²) in [6, 6.07) is 23.4. The van der Waals surface area contributed by atoms with Gasteiger partial charge in [0.15, 0.2) is 5.58 Å². The molecule has 0 aliphatic carbocycles. The van der Waals surface area contributed by atoms with Crippen LogP contribution in [-0.4, -0.2) is 29.1 Å². The summed E-state index contributed by atoms with van der Waals surface area (Å²) in [5.41, 5.74) is 4.58. The SMILES string of the molecule is COc1ccc(C(CNC(=O)CCCn2c(=O)oc3ccccc32)c2c[nH]c3ccccc23)cc1. The molecule has 2 N–H and O–H groups in total. The number of methoxy groups -OCH3 is 1. The molecule has 3 aromatic carbocycles. The van der Waals surface area contributed by atoms with Crippen LogP contribution in [0.4, 0.5) is 0 Å². The van der Waals surface area contributed by atoms with Gasteiger partial charge >= 0.3 is 5.76 Å². The number of nitrogens with one attached hydrogen (secondary N) is 2. The Hall–Kier alpha value is -4.26. The topological polar surface area (TPSA) is 89.3 Å². The monoisotopic (exact) mass is 469 g/mol. The minimum Gasteiger partial charge on any atom is -0.497 e. The fraction of sp³-hybridized carbons (Fsp3) is 0.214. The lowest BCUT2D eigenvalue weighted by atomic mass is 9.90. The summed E-state index contributed by atoms with van der Waals surface area (Å²) in [7, 11) is 1.65. The van der Waals surface area contributed by atoms with Gasteiger partial charge in [-0.05, 0) is 47.9 Å². The molecule has 2 heterocycles. The van der Waals surface area contributed by atoms with Crippen molar-refractivity contribution < 1.29 is 13.9 Å². The van der Waals surface area contributed by atoms with Crippen molar-refractivity contribution in [1.29, 1.82) is 0 Å². The van der Waals surface area contributed by atoms with E-state index in [0.29, 0.717) is 31.5 Å². The number of aromatic nitrogens is 2. The number of rotatable bonds is 9. The summed E-state index contributed by atoms with van der Waals surface area (Å²) in [6.07, 6.45) is 2.87. The van der Waals surface area contributed by atoms with Gasteiger partial charge in [-0.25, -0.2) is 4.79 Å². The molecule has 0 radical (unpaired) electrons. The number of oxazole rings is 1. The third kappa shape index (κ3) is 4.71. The molecule has 0 fully saturated rings. The predicted molar refractivity (Wildman–Crippen MR) is 136 cm³/mol. The quantitative estimate of drug-likeness (QED) is 0.324. The summed E-state index contributed by atoms with van der Waals surface area (Å²) in [5, 5.41) is 4.23. The molecule has 178 valence electrons. The maximum atomic E-state index is 12.7. The number of benzene rings is 3. The highest BCUT2D eigenvalue weighted by atomic mass is 16.5. The van der Waals surface area contributed by atoms with Crippen molar-refractivity contribution in [3.8, 4) is 5.75 Å². The third-order valence-electron chi connectivity index (χ3n) is 6.38. The van der Waals surface area contributed by atoms with Crippen LogP contribution < -0.4 is 15.8 Å². The summed E-state index contributed by atoms with van der Waals surface area (Å²) >= 11 is 0. The first-order chi connectivity index (χ1) is 17.1. The van der Waals surface area contributed by atoms with Gasteiger partial charge in [0, 0.05) is 42.5 Å². The number of amides is 1. The van der Waals surface area contributed by atoms with Gasteiger partial charge in [0.05, 0.1) is 12.6 Å². The molecule has 7 nitrogen and oxygen atoms in total. The van der Waals surface area contributed by atoms with Gasteiger partial charge in [0.1, 0.15) is 5.75 Å². The van der Waals surface area contributed by atoms with E-state index in [9.17, 15) is 9.59 Å². The van der Waals surface area contributed by atoms with Crippen molar-refractivity contribution in [2.45, 2.75) is 25.3 Å². The number of H-pyrrole nitrogens is 1. The standard InChI is InChI=1S/C28H27N3O4/c1-34-20-14-12-19(13-15-20)22(23-18-29-24-8-3-2-7-21(23)24)17-30-27(32)11-6-16-31-25-9-4-5-10-26(25)35-28(31)33/h2-5,7-10,12-15,18,22,29H,6,11,16-17H2,1H3,(H,30,32). The summed E-state index contributed by atoms with van der Waals surface area (Å²) < 4.78 is 12.2. The lowest BCUT2D eigenvalue weighted by Crippen LogP contribution is -2.29. The number of aryl methyl sites for hydroxylation is 1. The molecular weight excluding hydrogens is 442 g/mol. The number of carbonyl (C=O) groups is 1. The molecular formula is C28H27N3O4. The van der Waals surface area contributed by atoms with Crippen LogP contribution in [0.1, 0.15) is 29.9 Å². The van der Waals surface area contributed by atoms with E-state index in [-0.39, 0.29) is 11.8 Å². The Morgan fingerprint density at radius 1 is 1.06 bits per heavy atom. The van der Waals surface area contributed by atoms with Gasteiger partial charge in [-0.2, -0.15) is 0 Å². The lowest BCUT2D eigenvalue weighted by Gasteiger charge is -2.19. The van der Waals surface area contributed by atoms with Gasteiger partial charge in [-0.3, -0.25) is 9.36 Å². The molecule has 5 rings (SSSR count). The first kappa shape index (κ1) is 22.5. The summed E-state index contributed by atoms with van der Waals surface area (Å²) in [6.45, 7) is 0.884. The number of nitrogens with zero attached hydrogens (tertiary/aromatic N) is 1. The van der Waals surface area contributed by atoms with Crippen LogP contribution in [0.25, 0.3) is 22.0 Å². The Labute approximate surface area is 202 Å². The van der Waals surface area contributed by atoms with Crippen LogP contribution in [-0.2, 0) is 11.3 Å². The van der Waals surface area contributed by atoms with Crippen LogP contribution in [0.15, 0.2) is 88.2 Å². The molecule has 5 aromatic rings. The molecule has 1 atom stereocenters. The van der Waals surface area contributed by atoms with Gasteiger partial charge in [-0.1, -0.05) is 42.5 Å². The molecule has 2 aromatic heterocycles. The van der Waals surface area contributed by atoms with E-state index in [1.165, 1.54) is 0 Å². The predicted octanol–water partition coefficient (Wildman–Crippen LogP) is 4.81. The van der Waals surface area contributed by atoms with E-state index in [4.69, 9.17) is 9.15 Å². The highest BCUT2D eigenvalue weighted by Crippen LogP contribution is 2.31. The van der Waals surface area contributed by atoms with E-state index in [1.807, 2.05) is 66.9 Å². The van der Waals surface area contributed by atoms with Crippen molar-refractivity contribution >= 4 is 27.9 Å². The molecule has 0 saturated heterocycles. The average Bonchev–Trinajstić information content (AvgIpc) is 3.45. The normalized spacial score (nSPS) is 12.1. The molecule has 0 saturated carbocycles. The molecule has 1 unspecified atom stereocenters. The highest BCUT2D eigenvalue weighted by molar-refractivity contribution is 5.84. The van der Waals surface area contributed by atoms with Crippen molar-refractivity contribution in [2.75, 3.05) is 13.7 Å². The summed E-state index contributed by atoms with van der Waals surface area (Å²) in [5.74, 6) is 0.314. The maximum Gasteiger partial charge on any atom is 0.419 e. The lowest BCUT2D eigenvalue weighted by molar-refractivity contribution is -0.121. The van der Waals surface area contributed by atoms with Gasteiger partial charge in [-0.15, -0.1) is 0 Å². The second-order valence-corrected chi connectivity index (χ2v) is 8.51.